The van der Waals surface area contributed by atoms with Crippen LogP contribution in [0.15, 0.2) is 42.5 Å². The molecule has 2 rings (SSSR count). The van der Waals surface area contributed by atoms with E-state index < -0.39 is 0 Å². The van der Waals surface area contributed by atoms with Gasteiger partial charge in [-0.05, 0) is 24.6 Å². The van der Waals surface area contributed by atoms with E-state index in [4.69, 9.17) is 25.7 Å². The van der Waals surface area contributed by atoms with Crippen molar-refractivity contribution in [3.05, 3.63) is 53.6 Å². The first-order valence-electron chi connectivity index (χ1n) is 7.57. The van der Waals surface area contributed by atoms with Crippen LogP contribution in [0, 0.1) is 0 Å². The van der Waals surface area contributed by atoms with E-state index in [1.807, 2.05) is 42.5 Å². The van der Waals surface area contributed by atoms with Crippen molar-refractivity contribution in [2.75, 3.05) is 20.8 Å². The standard InChI is InChI=1S/C18H24N2O3/c1-21-17-10-14(15(20)8-9-19)16(11-18(17)22-2)23-12-13-6-4-3-5-7-13/h3-7,10-11,15H,8-9,12,19-20H2,1-2H3/t15-/m0/s1. The smallest absolute Gasteiger partial charge is 0.164 e. The van der Waals surface area contributed by atoms with Gasteiger partial charge < -0.3 is 25.7 Å². The highest BCUT2D eigenvalue weighted by molar-refractivity contribution is 5.51. The third-order valence-electron chi connectivity index (χ3n) is 3.63. The summed E-state index contributed by atoms with van der Waals surface area (Å²) in [6.45, 7) is 0.965. The van der Waals surface area contributed by atoms with Gasteiger partial charge in [0.1, 0.15) is 12.4 Å². The number of nitrogens with two attached hydrogens (primary N) is 2. The molecule has 4 N–H and O–H groups in total. The Labute approximate surface area is 137 Å². The fourth-order valence-corrected chi connectivity index (χ4v) is 2.36. The molecule has 2 aromatic carbocycles. The molecule has 2 aromatic rings. The van der Waals surface area contributed by atoms with Crippen molar-refractivity contribution in [1.29, 1.82) is 0 Å². The molecule has 5 heteroatoms. The highest BCUT2D eigenvalue weighted by atomic mass is 16.5. The first-order valence-corrected chi connectivity index (χ1v) is 7.57. The van der Waals surface area contributed by atoms with Gasteiger partial charge in [0.2, 0.25) is 0 Å². The van der Waals surface area contributed by atoms with Crippen LogP contribution < -0.4 is 25.7 Å². The minimum absolute atomic E-state index is 0.217. The maximum absolute atomic E-state index is 6.23. The van der Waals surface area contributed by atoms with Crippen LogP contribution in [0.1, 0.15) is 23.6 Å². The molecule has 124 valence electrons. The lowest BCUT2D eigenvalue weighted by atomic mass is 10.0. The molecule has 0 saturated heterocycles. The summed E-state index contributed by atoms with van der Waals surface area (Å²) in [7, 11) is 3.19. The van der Waals surface area contributed by atoms with Crippen LogP contribution >= 0.6 is 0 Å². The molecule has 5 nitrogen and oxygen atoms in total. The van der Waals surface area contributed by atoms with Gasteiger partial charge in [0.05, 0.1) is 14.2 Å². The van der Waals surface area contributed by atoms with Gasteiger partial charge in [-0.2, -0.15) is 0 Å². The average molecular weight is 316 g/mol. The average Bonchev–Trinajstić information content (AvgIpc) is 2.60. The van der Waals surface area contributed by atoms with Crippen molar-refractivity contribution in [2.24, 2.45) is 11.5 Å². The van der Waals surface area contributed by atoms with Crippen LogP contribution in [-0.2, 0) is 6.61 Å². The van der Waals surface area contributed by atoms with E-state index in [-0.39, 0.29) is 6.04 Å². The highest BCUT2D eigenvalue weighted by Gasteiger charge is 2.17. The Bertz CT molecular complexity index is 617. The first-order chi connectivity index (χ1) is 11.2. The molecule has 0 amide bonds. The van der Waals surface area contributed by atoms with Crippen LogP contribution in [0.25, 0.3) is 0 Å². The van der Waals surface area contributed by atoms with Gasteiger partial charge in [0.15, 0.2) is 11.5 Å². The summed E-state index contributed by atoms with van der Waals surface area (Å²) in [6.07, 6.45) is 0.664. The Balaban J connectivity index is 2.30. The summed E-state index contributed by atoms with van der Waals surface area (Å²) in [5.74, 6) is 1.92. The molecule has 0 aliphatic heterocycles. The molecule has 23 heavy (non-hydrogen) atoms. The fourth-order valence-electron chi connectivity index (χ4n) is 2.36. The van der Waals surface area contributed by atoms with Crippen molar-refractivity contribution in [2.45, 2.75) is 19.1 Å². The molecule has 0 aliphatic carbocycles. The molecular weight excluding hydrogens is 292 g/mol. The summed E-state index contributed by atoms with van der Waals surface area (Å²) in [6, 6.07) is 13.4. The van der Waals surface area contributed by atoms with E-state index in [0.29, 0.717) is 36.8 Å². The van der Waals surface area contributed by atoms with Gasteiger partial charge in [-0.25, -0.2) is 0 Å². The second kappa shape index (κ2) is 8.41. The lowest BCUT2D eigenvalue weighted by Gasteiger charge is -2.19. The van der Waals surface area contributed by atoms with Crippen molar-refractivity contribution >= 4 is 0 Å². The zero-order valence-electron chi connectivity index (χ0n) is 13.6. The predicted molar refractivity (Wildman–Crippen MR) is 90.9 cm³/mol. The Hall–Kier alpha value is -2.24. The van der Waals surface area contributed by atoms with Gasteiger partial charge in [-0.3, -0.25) is 0 Å². The molecule has 0 spiro atoms. The fraction of sp³-hybridized carbons (Fsp3) is 0.333. The molecule has 0 bridgehead atoms. The predicted octanol–water partition coefficient (Wildman–Crippen LogP) is 2.63. The zero-order valence-corrected chi connectivity index (χ0v) is 13.6. The van der Waals surface area contributed by atoms with Crippen LogP contribution in [0.2, 0.25) is 0 Å². The van der Waals surface area contributed by atoms with E-state index in [0.717, 1.165) is 11.1 Å². The molecule has 0 radical (unpaired) electrons. The second-order valence-corrected chi connectivity index (χ2v) is 5.20. The van der Waals surface area contributed by atoms with Crippen LogP contribution in [-0.4, -0.2) is 20.8 Å². The maximum Gasteiger partial charge on any atom is 0.164 e. The van der Waals surface area contributed by atoms with E-state index in [2.05, 4.69) is 0 Å². The van der Waals surface area contributed by atoms with Crippen molar-refractivity contribution in [3.63, 3.8) is 0 Å². The third kappa shape index (κ3) is 4.37. The Morgan fingerprint density at radius 2 is 1.61 bits per heavy atom. The van der Waals surface area contributed by atoms with E-state index in [1.165, 1.54) is 0 Å². The van der Waals surface area contributed by atoms with E-state index in [9.17, 15) is 0 Å². The van der Waals surface area contributed by atoms with E-state index >= 15 is 0 Å². The lowest BCUT2D eigenvalue weighted by Crippen LogP contribution is -2.16. The number of hydrogen-bond donors (Lipinski definition) is 2. The number of methoxy groups -OCH3 is 2. The van der Waals surface area contributed by atoms with Gasteiger partial charge in [0, 0.05) is 17.7 Å². The molecule has 0 unspecified atom stereocenters. The van der Waals surface area contributed by atoms with Crippen molar-refractivity contribution in [3.8, 4) is 17.2 Å². The summed E-state index contributed by atoms with van der Waals surface area (Å²) in [5, 5.41) is 0. The van der Waals surface area contributed by atoms with Gasteiger partial charge in [-0.15, -0.1) is 0 Å². The number of ether oxygens (including phenoxy) is 3. The lowest BCUT2D eigenvalue weighted by molar-refractivity contribution is 0.294. The molecule has 0 heterocycles. The minimum Gasteiger partial charge on any atom is -0.493 e. The Kier molecular flexibility index (Phi) is 6.26. The highest BCUT2D eigenvalue weighted by Crippen LogP contribution is 2.38. The molecule has 0 saturated carbocycles. The normalized spacial score (nSPS) is 11.8. The van der Waals surface area contributed by atoms with Gasteiger partial charge in [-0.1, -0.05) is 30.3 Å². The van der Waals surface area contributed by atoms with Crippen molar-refractivity contribution < 1.29 is 14.2 Å². The molecule has 0 aliphatic rings. The molecule has 0 fully saturated rings. The van der Waals surface area contributed by atoms with Crippen LogP contribution in [0.5, 0.6) is 17.2 Å². The Morgan fingerprint density at radius 1 is 0.957 bits per heavy atom. The van der Waals surface area contributed by atoms with Crippen LogP contribution in [0.4, 0.5) is 0 Å². The SMILES string of the molecule is COc1cc(OCc2ccccc2)c([C@@H](N)CCN)cc1OC. The molecule has 0 aromatic heterocycles. The molecule has 1 atom stereocenters. The summed E-state index contributed by atoms with van der Waals surface area (Å²) < 4.78 is 16.7. The molecular formula is C18H24N2O3. The number of benzene rings is 2. The van der Waals surface area contributed by atoms with Crippen molar-refractivity contribution in [1.82, 2.24) is 0 Å². The first kappa shape index (κ1) is 17.1. The monoisotopic (exact) mass is 316 g/mol. The topological polar surface area (TPSA) is 79.7 Å². The van der Waals surface area contributed by atoms with E-state index in [1.54, 1.807) is 14.2 Å². The van der Waals surface area contributed by atoms with Crippen LogP contribution in [0.3, 0.4) is 0 Å². The maximum atomic E-state index is 6.23. The van der Waals surface area contributed by atoms with Gasteiger partial charge in [0.25, 0.3) is 0 Å². The zero-order chi connectivity index (χ0) is 16.7. The second-order valence-electron chi connectivity index (χ2n) is 5.20. The summed E-state index contributed by atoms with van der Waals surface area (Å²) in [5.41, 5.74) is 13.8. The number of rotatable bonds is 8. The summed E-state index contributed by atoms with van der Waals surface area (Å²) >= 11 is 0. The largest absolute Gasteiger partial charge is 0.493 e. The quantitative estimate of drug-likeness (QED) is 0.782. The Morgan fingerprint density at radius 3 is 2.22 bits per heavy atom. The number of hydrogen-bond acceptors (Lipinski definition) is 5. The minimum atomic E-state index is -0.217. The van der Waals surface area contributed by atoms with Gasteiger partial charge >= 0.3 is 0 Å². The third-order valence-corrected chi connectivity index (χ3v) is 3.63. The summed E-state index contributed by atoms with van der Waals surface area (Å²) in [4.78, 5) is 0.